The van der Waals surface area contributed by atoms with Gasteiger partial charge in [-0.3, -0.25) is 19.5 Å². The van der Waals surface area contributed by atoms with E-state index in [4.69, 9.17) is 18.6 Å². The summed E-state index contributed by atoms with van der Waals surface area (Å²) >= 11 is 1.16. The highest BCUT2D eigenvalue weighted by molar-refractivity contribution is 7.07. The molecule has 0 saturated carbocycles. The van der Waals surface area contributed by atoms with E-state index in [-0.39, 0.29) is 23.4 Å². The number of allylic oxidation sites excluding steroid dienone is 1. The lowest BCUT2D eigenvalue weighted by molar-refractivity contribution is -0.385. The number of benzene rings is 2. The molecule has 11 nitrogen and oxygen atoms in total. The largest absolute Gasteiger partial charge is 0.493 e. The Kier molecular flexibility index (Phi) is 8.54. The molecular weight excluding hydrogens is 586 g/mol. The van der Waals surface area contributed by atoms with Crippen LogP contribution >= 0.6 is 11.3 Å². The molecule has 0 amide bonds. The van der Waals surface area contributed by atoms with Gasteiger partial charge in [0.15, 0.2) is 16.3 Å². The Morgan fingerprint density at radius 2 is 1.89 bits per heavy atom. The number of hydrogen-bond acceptors (Lipinski definition) is 10. The van der Waals surface area contributed by atoms with Crippen LogP contribution < -0.4 is 24.4 Å². The number of nitro benzene ring substituents is 1. The SMILES string of the molecule is CCOC(=O)C1=C(C)N=c2s/c(=C\c3ccc(-c4cc(C)c(C)c([N+](=O)[O-])c4)o3)c(=O)n2[C@@H]1c1ccc(OC)c(OCC)c1. The number of aryl methyl sites for hydroxylation is 1. The third kappa shape index (κ3) is 5.55. The van der Waals surface area contributed by atoms with Crippen molar-refractivity contribution in [2.24, 2.45) is 4.99 Å². The Hall–Kier alpha value is -4.97. The highest BCUT2D eigenvalue weighted by atomic mass is 32.1. The van der Waals surface area contributed by atoms with E-state index in [9.17, 15) is 19.7 Å². The average Bonchev–Trinajstić information content (AvgIpc) is 3.58. The van der Waals surface area contributed by atoms with Crippen molar-refractivity contribution in [1.82, 2.24) is 4.57 Å². The standard InChI is InChI=1S/C32H31N3O8S/c1-7-41-26-15-20(9-11-25(26)40-6)29-28(31(37)42-8-2)19(5)33-32-34(29)30(36)27(44-32)16-22-10-12-24(43-22)21-13-17(3)18(4)23(14-21)35(38)39/h9-16,29H,7-8H2,1-6H3/b27-16-/t29-/m1/s1. The number of carbonyl (C=O) groups is 1. The number of rotatable bonds is 9. The van der Waals surface area contributed by atoms with Crippen molar-refractivity contribution < 1.29 is 28.3 Å². The van der Waals surface area contributed by atoms with E-state index in [0.29, 0.717) is 61.3 Å². The van der Waals surface area contributed by atoms with Gasteiger partial charge in [0.25, 0.3) is 11.2 Å². The second-order valence-corrected chi connectivity index (χ2v) is 11.1. The first-order valence-corrected chi connectivity index (χ1v) is 14.8. The third-order valence-electron chi connectivity index (χ3n) is 7.34. The fourth-order valence-electron chi connectivity index (χ4n) is 5.13. The molecule has 2 aromatic heterocycles. The zero-order chi connectivity index (χ0) is 31.7. The molecule has 0 N–H and O–H groups in total. The monoisotopic (exact) mass is 617 g/mol. The van der Waals surface area contributed by atoms with Crippen molar-refractivity contribution in [1.29, 1.82) is 0 Å². The predicted octanol–water partition coefficient (Wildman–Crippen LogP) is 4.99. The second kappa shape index (κ2) is 12.3. The Morgan fingerprint density at radius 1 is 1.11 bits per heavy atom. The van der Waals surface area contributed by atoms with Gasteiger partial charge in [0.05, 0.1) is 47.1 Å². The summed E-state index contributed by atoms with van der Waals surface area (Å²) in [5.41, 5.74) is 2.84. The van der Waals surface area contributed by atoms with Gasteiger partial charge in [-0.05, 0) is 76.1 Å². The van der Waals surface area contributed by atoms with Crippen LogP contribution in [0.1, 0.15) is 49.3 Å². The first-order chi connectivity index (χ1) is 21.1. The highest BCUT2D eigenvalue weighted by Crippen LogP contribution is 2.36. The maximum Gasteiger partial charge on any atom is 0.338 e. The Labute approximate surface area is 256 Å². The summed E-state index contributed by atoms with van der Waals surface area (Å²) in [4.78, 5) is 43.4. The van der Waals surface area contributed by atoms with Crippen LogP contribution in [0.2, 0.25) is 0 Å². The number of furan rings is 1. The van der Waals surface area contributed by atoms with Crippen LogP contribution in [0.15, 0.2) is 67.9 Å². The number of nitrogens with zero attached hydrogens (tertiary/aromatic N) is 3. The quantitative estimate of drug-likeness (QED) is 0.146. The zero-order valence-corrected chi connectivity index (χ0v) is 25.9. The lowest BCUT2D eigenvalue weighted by Crippen LogP contribution is -2.39. The van der Waals surface area contributed by atoms with E-state index in [1.807, 2.05) is 13.0 Å². The molecule has 0 bridgehead atoms. The number of fused-ring (bicyclic) bond motifs is 1. The van der Waals surface area contributed by atoms with Crippen LogP contribution in [-0.2, 0) is 9.53 Å². The van der Waals surface area contributed by atoms with E-state index in [1.54, 1.807) is 64.1 Å². The molecule has 12 heteroatoms. The molecule has 0 spiro atoms. The highest BCUT2D eigenvalue weighted by Gasteiger charge is 2.34. The van der Waals surface area contributed by atoms with Gasteiger partial charge in [0.1, 0.15) is 11.5 Å². The minimum atomic E-state index is -0.833. The fraction of sp³-hybridized carbons (Fsp3) is 0.281. The normalized spacial score (nSPS) is 14.7. The van der Waals surface area contributed by atoms with Crippen molar-refractivity contribution in [3.63, 3.8) is 0 Å². The van der Waals surface area contributed by atoms with Gasteiger partial charge >= 0.3 is 5.97 Å². The van der Waals surface area contributed by atoms with Crippen LogP contribution in [0.25, 0.3) is 17.4 Å². The van der Waals surface area contributed by atoms with Gasteiger partial charge in [-0.15, -0.1) is 0 Å². The van der Waals surface area contributed by atoms with E-state index in [2.05, 4.69) is 4.99 Å². The number of aromatic nitrogens is 1. The molecule has 5 rings (SSSR count). The molecule has 0 aliphatic carbocycles. The lowest BCUT2D eigenvalue weighted by atomic mass is 9.95. The summed E-state index contributed by atoms with van der Waals surface area (Å²) in [6.45, 7) is 9.34. The Balaban J connectivity index is 1.64. The number of thiazole rings is 1. The van der Waals surface area contributed by atoms with Gasteiger partial charge < -0.3 is 18.6 Å². The minimum Gasteiger partial charge on any atom is -0.493 e. The molecule has 1 aliphatic heterocycles. The van der Waals surface area contributed by atoms with Crippen LogP contribution in [0, 0.1) is 24.0 Å². The molecule has 44 heavy (non-hydrogen) atoms. The van der Waals surface area contributed by atoms with Crippen molar-refractivity contribution in [3.8, 4) is 22.8 Å². The molecular formula is C32H31N3O8S. The van der Waals surface area contributed by atoms with Crippen molar-refractivity contribution in [2.45, 2.75) is 40.7 Å². The maximum atomic E-state index is 14.0. The zero-order valence-electron chi connectivity index (χ0n) is 25.1. The number of hydrogen-bond donors (Lipinski definition) is 0. The smallest absolute Gasteiger partial charge is 0.338 e. The van der Waals surface area contributed by atoms with E-state index < -0.39 is 16.9 Å². The van der Waals surface area contributed by atoms with Gasteiger partial charge in [-0.25, -0.2) is 9.79 Å². The lowest BCUT2D eigenvalue weighted by Gasteiger charge is -2.25. The van der Waals surface area contributed by atoms with Crippen LogP contribution in [0.5, 0.6) is 11.5 Å². The fourth-order valence-corrected chi connectivity index (χ4v) is 6.15. The molecule has 4 aromatic rings. The summed E-state index contributed by atoms with van der Waals surface area (Å²) in [5, 5.41) is 11.6. The summed E-state index contributed by atoms with van der Waals surface area (Å²) < 4.78 is 24.4. The Morgan fingerprint density at radius 3 is 2.57 bits per heavy atom. The van der Waals surface area contributed by atoms with Gasteiger partial charge in [0, 0.05) is 23.3 Å². The van der Waals surface area contributed by atoms with Gasteiger partial charge in [-0.2, -0.15) is 0 Å². The van der Waals surface area contributed by atoms with Crippen molar-refractivity contribution >= 4 is 29.1 Å². The van der Waals surface area contributed by atoms with Crippen LogP contribution in [-0.4, -0.2) is 35.8 Å². The summed E-state index contributed by atoms with van der Waals surface area (Å²) in [7, 11) is 1.54. The third-order valence-corrected chi connectivity index (χ3v) is 8.32. The van der Waals surface area contributed by atoms with E-state index >= 15 is 0 Å². The molecule has 2 aromatic carbocycles. The van der Waals surface area contributed by atoms with Crippen molar-refractivity contribution in [2.75, 3.05) is 20.3 Å². The van der Waals surface area contributed by atoms with Gasteiger partial charge in [0.2, 0.25) is 0 Å². The summed E-state index contributed by atoms with van der Waals surface area (Å²) in [6.07, 6.45) is 1.60. The molecule has 0 radical (unpaired) electrons. The van der Waals surface area contributed by atoms with Crippen LogP contribution in [0.4, 0.5) is 5.69 Å². The summed E-state index contributed by atoms with van der Waals surface area (Å²) in [6, 6.07) is 11.1. The first kappa shape index (κ1) is 30.5. The number of nitro groups is 1. The number of ether oxygens (including phenoxy) is 3. The minimum absolute atomic E-state index is 0.00468. The predicted molar refractivity (Wildman–Crippen MR) is 165 cm³/mol. The molecule has 0 saturated heterocycles. The molecule has 0 fully saturated rings. The van der Waals surface area contributed by atoms with Gasteiger partial charge in [-0.1, -0.05) is 17.4 Å². The van der Waals surface area contributed by atoms with Crippen LogP contribution in [0.3, 0.4) is 0 Å². The number of carbonyl (C=O) groups excluding carboxylic acids is 1. The summed E-state index contributed by atoms with van der Waals surface area (Å²) in [5.74, 6) is 1.23. The molecule has 228 valence electrons. The van der Waals surface area contributed by atoms with E-state index in [1.165, 1.54) is 17.7 Å². The van der Waals surface area contributed by atoms with Crippen molar-refractivity contribution in [3.05, 3.63) is 106 Å². The molecule has 3 heterocycles. The molecule has 1 aliphatic rings. The Bertz CT molecular complexity index is 2000. The van der Waals surface area contributed by atoms with E-state index in [0.717, 1.165) is 16.9 Å². The maximum absolute atomic E-state index is 14.0. The number of methoxy groups -OCH3 is 1. The first-order valence-electron chi connectivity index (χ1n) is 13.9. The second-order valence-electron chi connectivity index (χ2n) is 10.0. The topological polar surface area (TPSA) is 135 Å². The molecule has 0 unspecified atom stereocenters. The number of esters is 1. The average molecular weight is 618 g/mol. The molecule has 1 atom stereocenters.